The molecule has 0 amide bonds. The summed E-state index contributed by atoms with van der Waals surface area (Å²) in [6, 6.07) is 7.89. The largest absolute Gasteiger partial charge is 0.297 e. The van der Waals surface area contributed by atoms with Crippen molar-refractivity contribution in [2.24, 2.45) is 0 Å². The molecular weight excluding hydrogens is 301 g/mol. The normalized spacial score (nSPS) is 18.6. The summed E-state index contributed by atoms with van der Waals surface area (Å²) in [5, 5.41) is 0.723. The van der Waals surface area contributed by atoms with Crippen molar-refractivity contribution < 1.29 is 4.79 Å². The minimum absolute atomic E-state index is 0.0751. The third kappa shape index (κ3) is 2.21. The molecule has 19 heavy (non-hydrogen) atoms. The van der Waals surface area contributed by atoms with Gasteiger partial charge in [0.25, 0.3) is 0 Å². The van der Waals surface area contributed by atoms with Gasteiger partial charge in [0.05, 0.1) is 15.3 Å². The molecule has 0 spiro atoms. The second-order valence-electron chi connectivity index (χ2n) is 4.66. The highest BCUT2D eigenvalue weighted by Gasteiger charge is 2.31. The van der Waals surface area contributed by atoms with E-state index < -0.39 is 0 Å². The van der Waals surface area contributed by atoms with Crippen LogP contribution in [0.25, 0.3) is 0 Å². The maximum atomic E-state index is 10.9. The quantitative estimate of drug-likeness (QED) is 0.766. The Hall–Kier alpha value is -0.870. The summed E-state index contributed by atoms with van der Waals surface area (Å²) in [5.74, 6) is 0. The highest BCUT2D eigenvalue weighted by atomic mass is 35.5. The van der Waals surface area contributed by atoms with Crippen molar-refractivity contribution in [1.29, 1.82) is 0 Å². The smallest absolute Gasteiger partial charge is 0.160 e. The molecule has 1 atom stereocenters. The van der Waals surface area contributed by atoms with E-state index in [-0.39, 0.29) is 6.04 Å². The number of rotatable bonds is 2. The van der Waals surface area contributed by atoms with Gasteiger partial charge in [0.2, 0.25) is 0 Å². The van der Waals surface area contributed by atoms with Crippen LogP contribution in [0.2, 0.25) is 9.36 Å². The molecule has 5 heteroatoms. The maximum Gasteiger partial charge on any atom is 0.160 e. The third-order valence-electron chi connectivity index (χ3n) is 3.41. The monoisotopic (exact) mass is 311 g/mol. The Kier molecular flexibility index (Phi) is 3.39. The van der Waals surface area contributed by atoms with Crippen molar-refractivity contribution in [3.8, 4) is 0 Å². The van der Waals surface area contributed by atoms with Crippen molar-refractivity contribution in [1.82, 2.24) is 4.90 Å². The Morgan fingerprint density at radius 2 is 2.11 bits per heavy atom. The van der Waals surface area contributed by atoms with Gasteiger partial charge in [0.15, 0.2) is 6.29 Å². The first-order chi connectivity index (χ1) is 9.10. The average molecular weight is 312 g/mol. The molecule has 0 fully saturated rings. The molecule has 1 aromatic carbocycles. The van der Waals surface area contributed by atoms with Crippen molar-refractivity contribution in [2.75, 3.05) is 7.05 Å². The number of hydrogen-bond acceptors (Lipinski definition) is 3. The van der Waals surface area contributed by atoms with E-state index in [2.05, 4.69) is 11.0 Å². The van der Waals surface area contributed by atoms with Crippen LogP contribution in [0.4, 0.5) is 0 Å². The molecule has 1 aromatic heterocycles. The lowest BCUT2D eigenvalue weighted by Gasteiger charge is -2.20. The van der Waals surface area contributed by atoms with E-state index in [4.69, 9.17) is 23.2 Å². The molecule has 2 aromatic rings. The van der Waals surface area contributed by atoms with Gasteiger partial charge in [-0.25, -0.2) is 0 Å². The summed E-state index contributed by atoms with van der Waals surface area (Å²) in [6.07, 6.45) is 0.841. The molecule has 1 unspecified atom stereocenters. The number of fused-ring (bicyclic) bond motifs is 1. The summed E-state index contributed by atoms with van der Waals surface area (Å²) in [7, 11) is 2.05. The van der Waals surface area contributed by atoms with Gasteiger partial charge in [-0.2, -0.15) is 0 Å². The highest BCUT2D eigenvalue weighted by molar-refractivity contribution is 7.17. The van der Waals surface area contributed by atoms with Gasteiger partial charge in [-0.3, -0.25) is 9.69 Å². The number of nitrogens with zero attached hydrogens (tertiary/aromatic N) is 1. The summed E-state index contributed by atoms with van der Waals surface area (Å²) >= 11 is 13.7. The lowest BCUT2D eigenvalue weighted by atomic mass is 10.00. The lowest BCUT2D eigenvalue weighted by molar-refractivity contribution is 0.112. The van der Waals surface area contributed by atoms with Gasteiger partial charge < -0.3 is 0 Å². The van der Waals surface area contributed by atoms with E-state index in [1.165, 1.54) is 22.5 Å². The zero-order chi connectivity index (χ0) is 13.6. The summed E-state index contributed by atoms with van der Waals surface area (Å²) in [5.41, 5.74) is 3.41. The number of aldehydes is 1. The molecule has 0 N–H and O–H groups in total. The lowest BCUT2D eigenvalue weighted by Crippen LogP contribution is -2.17. The van der Waals surface area contributed by atoms with Crippen molar-refractivity contribution >= 4 is 40.8 Å². The molecule has 0 bridgehead atoms. The van der Waals surface area contributed by atoms with Gasteiger partial charge in [-0.1, -0.05) is 29.3 Å². The molecule has 1 aliphatic rings. The maximum absolute atomic E-state index is 10.9. The first-order valence-electron chi connectivity index (χ1n) is 5.83. The molecule has 2 nitrogen and oxygen atoms in total. The van der Waals surface area contributed by atoms with Gasteiger partial charge in [0, 0.05) is 17.1 Å². The van der Waals surface area contributed by atoms with Crippen molar-refractivity contribution in [2.45, 2.75) is 12.6 Å². The number of halogens is 2. The van der Waals surface area contributed by atoms with Gasteiger partial charge >= 0.3 is 0 Å². The van der Waals surface area contributed by atoms with Crippen LogP contribution in [-0.4, -0.2) is 18.2 Å². The van der Waals surface area contributed by atoms with Gasteiger partial charge in [-0.15, -0.1) is 11.3 Å². The van der Waals surface area contributed by atoms with Crippen LogP contribution in [0.1, 0.15) is 32.4 Å². The van der Waals surface area contributed by atoms with Crippen LogP contribution in [-0.2, 0) is 6.54 Å². The SMILES string of the molecule is CN1Cc2ccc(Cl)cc2C1c1cc(C=O)sc1Cl. The average Bonchev–Trinajstić information content (AvgIpc) is 2.88. The number of carbonyl (C=O) groups excluding carboxylic acids is 1. The minimum Gasteiger partial charge on any atom is -0.297 e. The number of hydrogen-bond donors (Lipinski definition) is 0. The summed E-state index contributed by atoms with van der Waals surface area (Å²) in [4.78, 5) is 13.8. The third-order valence-corrected chi connectivity index (χ3v) is 4.96. The molecule has 0 saturated heterocycles. The van der Waals surface area contributed by atoms with E-state index in [9.17, 15) is 4.79 Å². The molecule has 2 heterocycles. The topological polar surface area (TPSA) is 20.3 Å². The predicted octanol–water partition coefficient (Wildman–Crippen LogP) is 4.40. The van der Waals surface area contributed by atoms with Crippen LogP contribution in [0, 0.1) is 0 Å². The fourth-order valence-electron chi connectivity index (χ4n) is 2.61. The second kappa shape index (κ2) is 4.91. The number of thiophene rings is 1. The first-order valence-corrected chi connectivity index (χ1v) is 7.40. The van der Waals surface area contributed by atoms with E-state index in [0.717, 1.165) is 23.4 Å². The fraction of sp³-hybridized carbons (Fsp3) is 0.214. The molecule has 3 rings (SSSR count). The van der Waals surface area contributed by atoms with Crippen LogP contribution in [0.3, 0.4) is 0 Å². The summed E-state index contributed by atoms with van der Waals surface area (Å²) < 4.78 is 0.673. The molecule has 1 aliphatic heterocycles. The van der Waals surface area contributed by atoms with E-state index in [1.54, 1.807) is 0 Å². The van der Waals surface area contributed by atoms with E-state index in [0.29, 0.717) is 9.21 Å². The fourth-order valence-corrected chi connectivity index (χ4v) is 3.95. The Bertz CT molecular complexity index is 653. The molecule has 0 aliphatic carbocycles. The molecular formula is C14H11Cl2NOS. The van der Waals surface area contributed by atoms with Crippen molar-refractivity contribution in [3.05, 3.63) is 55.2 Å². The highest BCUT2D eigenvalue weighted by Crippen LogP contribution is 2.43. The molecule has 98 valence electrons. The zero-order valence-electron chi connectivity index (χ0n) is 10.2. The first kappa shape index (κ1) is 13.1. The Morgan fingerprint density at radius 1 is 1.32 bits per heavy atom. The standard InChI is InChI=1S/C14H11Cl2NOS/c1-17-6-8-2-3-9(15)4-11(8)13(17)12-5-10(7-18)19-14(12)16/h2-5,7,13H,6H2,1H3. The Balaban J connectivity index is 2.12. The van der Waals surface area contributed by atoms with Gasteiger partial charge in [-0.05, 0) is 36.4 Å². The van der Waals surface area contributed by atoms with Crippen LogP contribution >= 0.6 is 34.5 Å². The van der Waals surface area contributed by atoms with Crippen LogP contribution in [0.15, 0.2) is 24.3 Å². The van der Waals surface area contributed by atoms with Crippen LogP contribution in [0.5, 0.6) is 0 Å². The zero-order valence-corrected chi connectivity index (χ0v) is 12.5. The van der Waals surface area contributed by atoms with E-state index in [1.807, 2.05) is 25.2 Å². The van der Waals surface area contributed by atoms with Crippen molar-refractivity contribution in [3.63, 3.8) is 0 Å². The Morgan fingerprint density at radius 3 is 2.79 bits per heavy atom. The second-order valence-corrected chi connectivity index (χ2v) is 6.78. The molecule has 0 saturated carbocycles. The minimum atomic E-state index is 0.0751. The van der Waals surface area contributed by atoms with Gasteiger partial charge in [0.1, 0.15) is 0 Å². The summed E-state index contributed by atoms with van der Waals surface area (Å²) in [6.45, 7) is 0.861. The number of carbonyl (C=O) groups is 1. The predicted molar refractivity (Wildman–Crippen MR) is 79.5 cm³/mol. The van der Waals surface area contributed by atoms with E-state index >= 15 is 0 Å². The van der Waals surface area contributed by atoms with Crippen LogP contribution < -0.4 is 0 Å². The number of benzene rings is 1. The molecule has 0 radical (unpaired) electrons. The Labute approximate surface area is 125 Å².